The molecule has 1 aromatic heterocycles. The molecule has 1 unspecified atom stereocenters. The Kier molecular flexibility index (Phi) is 4.97. The zero-order valence-corrected chi connectivity index (χ0v) is 13.7. The van der Waals surface area contributed by atoms with Gasteiger partial charge in [-0.1, -0.05) is 17.7 Å². The number of nitrogens with zero attached hydrogens (tertiary/aromatic N) is 3. The molecule has 0 bridgehead atoms. The first-order valence-corrected chi connectivity index (χ1v) is 8.11. The number of piperidine rings is 1. The topological polar surface area (TPSA) is 66.2 Å². The lowest BCUT2D eigenvalue weighted by molar-refractivity contribution is 0.0538. The van der Waals surface area contributed by atoms with E-state index in [1.807, 2.05) is 0 Å². The number of carbonyl (C=O) groups excluding carboxylic acids is 1. The molecule has 5 nitrogen and oxygen atoms in total. The smallest absolute Gasteiger partial charge is 0.254 e. The van der Waals surface area contributed by atoms with Crippen LogP contribution in [0.15, 0.2) is 42.7 Å². The summed E-state index contributed by atoms with van der Waals surface area (Å²) >= 11 is 6.07. The second-order valence-corrected chi connectivity index (χ2v) is 6.04. The third-order valence-corrected chi connectivity index (χ3v) is 4.22. The number of benzene rings is 1. The molecule has 2 heterocycles. The first kappa shape index (κ1) is 16.3. The fraction of sp³-hybridized carbons (Fsp3) is 0.278. The molecule has 0 radical (unpaired) electrons. The SMILES string of the molecule is N#Cc1cccc(C(=O)N2CCCC(Oc3ccncc3Cl)C2)c1. The van der Waals surface area contributed by atoms with Crippen molar-refractivity contribution in [3.8, 4) is 11.8 Å². The monoisotopic (exact) mass is 341 g/mol. The van der Waals surface area contributed by atoms with Crippen LogP contribution in [0, 0.1) is 11.3 Å². The summed E-state index contributed by atoms with van der Waals surface area (Å²) in [5.74, 6) is 0.499. The van der Waals surface area contributed by atoms with Gasteiger partial charge in [-0.05, 0) is 31.0 Å². The number of hydrogen-bond acceptors (Lipinski definition) is 4. The van der Waals surface area contributed by atoms with E-state index in [0.29, 0.717) is 35.0 Å². The van der Waals surface area contributed by atoms with E-state index in [2.05, 4.69) is 11.1 Å². The molecule has 3 rings (SSSR count). The van der Waals surface area contributed by atoms with Gasteiger partial charge in [0, 0.05) is 30.6 Å². The molecular weight excluding hydrogens is 326 g/mol. The van der Waals surface area contributed by atoms with Crippen molar-refractivity contribution in [1.29, 1.82) is 5.26 Å². The maximum absolute atomic E-state index is 12.7. The molecule has 1 aromatic carbocycles. The summed E-state index contributed by atoms with van der Waals surface area (Å²) in [6, 6.07) is 10.5. The molecule has 1 atom stereocenters. The summed E-state index contributed by atoms with van der Waals surface area (Å²) in [5.41, 5.74) is 1.01. The highest BCUT2D eigenvalue weighted by molar-refractivity contribution is 6.31. The molecular formula is C18H16ClN3O2. The van der Waals surface area contributed by atoms with Crippen LogP contribution in [0.5, 0.6) is 5.75 Å². The predicted molar refractivity (Wildman–Crippen MR) is 90.0 cm³/mol. The lowest BCUT2D eigenvalue weighted by atomic mass is 10.1. The van der Waals surface area contributed by atoms with Crippen LogP contribution in [-0.2, 0) is 0 Å². The number of carbonyl (C=O) groups is 1. The van der Waals surface area contributed by atoms with E-state index in [-0.39, 0.29) is 12.0 Å². The van der Waals surface area contributed by atoms with Gasteiger partial charge in [-0.15, -0.1) is 0 Å². The minimum absolute atomic E-state index is 0.0822. The van der Waals surface area contributed by atoms with Crippen LogP contribution in [-0.4, -0.2) is 35.0 Å². The van der Waals surface area contributed by atoms with Gasteiger partial charge in [0.2, 0.25) is 0 Å². The van der Waals surface area contributed by atoms with Crippen LogP contribution < -0.4 is 4.74 Å². The molecule has 1 saturated heterocycles. The molecule has 0 N–H and O–H groups in total. The second kappa shape index (κ2) is 7.33. The zero-order valence-electron chi connectivity index (χ0n) is 13.0. The molecule has 2 aromatic rings. The first-order chi connectivity index (χ1) is 11.7. The van der Waals surface area contributed by atoms with Gasteiger partial charge in [0.15, 0.2) is 0 Å². The van der Waals surface area contributed by atoms with Gasteiger partial charge in [-0.3, -0.25) is 9.78 Å². The summed E-state index contributed by atoms with van der Waals surface area (Å²) in [7, 11) is 0. The van der Waals surface area contributed by atoms with Crippen molar-refractivity contribution in [2.45, 2.75) is 18.9 Å². The second-order valence-electron chi connectivity index (χ2n) is 5.63. The number of nitriles is 1. The Hall–Kier alpha value is -2.58. The van der Waals surface area contributed by atoms with E-state index in [1.165, 1.54) is 6.20 Å². The molecule has 1 fully saturated rings. The number of likely N-dealkylation sites (tertiary alicyclic amines) is 1. The molecule has 0 saturated carbocycles. The van der Waals surface area contributed by atoms with Crippen LogP contribution in [0.3, 0.4) is 0 Å². The maximum Gasteiger partial charge on any atom is 0.254 e. The summed E-state index contributed by atoms with van der Waals surface area (Å²) in [6.07, 6.45) is 4.77. The van der Waals surface area contributed by atoms with E-state index >= 15 is 0 Å². The number of halogens is 1. The van der Waals surface area contributed by atoms with Gasteiger partial charge < -0.3 is 9.64 Å². The summed E-state index contributed by atoms with van der Waals surface area (Å²) in [4.78, 5) is 18.4. The van der Waals surface area contributed by atoms with Gasteiger partial charge in [0.1, 0.15) is 16.9 Å². The predicted octanol–water partition coefficient (Wildman–Crippen LogP) is 3.29. The molecule has 122 valence electrons. The van der Waals surface area contributed by atoms with Crippen LogP contribution >= 0.6 is 11.6 Å². The van der Waals surface area contributed by atoms with Gasteiger partial charge in [-0.2, -0.15) is 5.26 Å². The molecule has 0 aliphatic carbocycles. The number of aromatic nitrogens is 1. The number of hydrogen-bond donors (Lipinski definition) is 0. The lowest BCUT2D eigenvalue weighted by Crippen LogP contribution is -2.44. The highest BCUT2D eigenvalue weighted by Gasteiger charge is 2.26. The van der Waals surface area contributed by atoms with Gasteiger partial charge >= 0.3 is 0 Å². The molecule has 1 aliphatic rings. The van der Waals surface area contributed by atoms with Gasteiger partial charge in [0.05, 0.1) is 18.2 Å². The van der Waals surface area contributed by atoms with Crippen molar-refractivity contribution in [1.82, 2.24) is 9.88 Å². The fourth-order valence-electron chi connectivity index (χ4n) is 2.76. The largest absolute Gasteiger partial charge is 0.487 e. The summed E-state index contributed by atoms with van der Waals surface area (Å²) in [6.45, 7) is 1.17. The van der Waals surface area contributed by atoms with Crippen molar-refractivity contribution in [2.24, 2.45) is 0 Å². The Balaban J connectivity index is 1.70. The minimum atomic E-state index is -0.109. The first-order valence-electron chi connectivity index (χ1n) is 7.73. The number of pyridine rings is 1. The Morgan fingerprint density at radius 3 is 3.08 bits per heavy atom. The van der Waals surface area contributed by atoms with Crippen LogP contribution in [0.25, 0.3) is 0 Å². The fourth-order valence-corrected chi connectivity index (χ4v) is 2.92. The molecule has 1 aliphatic heterocycles. The van der Waals surface area contributed by atoms with Crippen molar-refractivity contribution >= 4 is 17.5 Å². The van der Waals surface area contributed by atoms with E-state index < -0.39 is 0 Å². The van der Waals surface area contributed by atoms with E-state index in [1.54, 1.807) is 41.4 Å². The van der Waals surface area contributed by atoms with Crippen LogP contribution in [0.4, 0.5) is 0 Å². The quantitative estimate of drug-likeness (QED) is 0.859. The van der Waals surface area contributed by atoms with E-state index in [0.717, 1.165) is 12.8 Å². The number of amides is 1. The standard InChI is InChI=1S/C18H16ClN3O2/c19-16-11-21-7-6-17(16)24-15-5-2-8-22(12-15)18(23)14-4-1-3-13(9-14)10-20/h1,3-4,6-7,9,11,15H,2,5,8,12H2. The zero-order chi connectivity index (χ0) is 16.9. The maximum atomic E-state index is 12.7. The van der Waals surface area contributed by atoms with Crippen LogP contribution in [0.2, 0.25) is 5.02 Å². The van der Waals surface area contributed by atoms with Crippen LogP contribution in [0.1, 0.15) is 28.8 Å². The molecule has 1 amide bonds. The van der Waals surface area contributed by atoms with Crippen molar-refractivity contribution in [3.05, 3.63) is 58.9 Å². The highest BCUT2D eigenvalue weighted by Crippen LogP contribution is 2.26. The highest BCUT2D eigenvalue weighted by atomic mass is 35.5. The number of ether oxygens (including phenoxy) is 1. The van der Waals surface area contributed by atoms with Gasteiger partial charge in [-0.25, -0.2) is 0 Å². The van der Waals surface area contributed by atoms with Crippen molar-refractivity contribution in [3.63, 3.8) is 0 Å². The summed E-state index contributed by atoms with van der Waals surface area (Å²) < 4.78 is 5.93. The Bertz CT molecular complexity index is 788. The third-order valence-electron chi connectivity index (χ3n) is 3.93. The Morgan fingerprint density at radius 1 is 1.42 bits per heavy atom. The Morgan fingerprint density at radius 2 is 2.29 bits per heavy atom. The summed E-state index contributed by atoms with van der Waals surface area (Å²) in [5, 5.41) is 9.43. The van der Waals surface area contributed by atoms with E-state index in [4.69, 9.17) is 21.6 Å². The minimum Gasteiger partial charge on any atom is -0.487 e. The average Bonchev–Trinajstić information content (AvgIpc) is 2.63. The van der Waals surface area contributed by atoms with Crippen molar-refractivity contribution < 1.29 is 9.53 Å². The Labute approximate surface area is 145 Å². The van der Waals surface area contributed by atoms with E-state index in [9.17, 15) is 4.79 Å². The normalized spacial score (nSPS) is 17.2. The van der Waals surface area contributed by atoms with Gasteiger partial charge in [0.25, 0.3) is 5.91 Å². The molecule has 0 spiro atoms. The lowest BCUT2D eigenvalue weighted by Gasteiger charge is -2.33. The molecule has 24 heavy (non-hydrogen) atoms. The third kappa shape index (κ3) is 3.66. The molecule has 6 heteroatoms. The van der Waals surface area contributed by atoms with Crippen molar-refractivity contribution in [2.75, 3.05) is 13.1 Å². The average molecular weight is 342 g/mol. The number of rotatable bonds is 3.